The Morgan fingerprint density at radius 1 is 1.25 bits per heavy atom. The number of unbranched alkanes of at least 4 members (excludes halogenated alkanes) is 1. The zero-order valence-corrected chi connectivity index (χ0v) is 15.6. The molecule has 2 rings (SSSR count). The average Bonchev–Trinajstić information content (AvgIpc) is 2.97. The van der Waals surface area contributed by atoms with Crippen molar-refractivity contribution in [3.8, 4) is 5.75 Å². The molecule has 1 amide bonds. The lowest BCUT2D eigenvalue weighted by Crippen LogP contribution is -2.21. The van der Waals surface area contributed by atoms with E-state index in [1.165, 1.54) is 11.3 Å². The fourth-order valence-electron chi connectivity index (χ4n) is 2.24. The van der Waals surface area contributed by atoms with Crippen LogP contribution < -0.4 is 10.1 Å². The predicted molar refractivity (Wildman–Crippen MR) is 97.8 cm³/mol. The van der Waals surface area contributed by atoms with E-state index in [2.05, 4.69) is 43.2 Å². The first kappa shape index (κ1) is 18.4. The molecule has 6 heteroatoms. The van der Waals surface area contributed by atoms with Gasteiger partial charge in [0.2, 0.25) is 5.13 Å². The Kier molecular flexibility index (Phi) is 6.31. The maximum Gasteiger partial charge on any atom is 0.264 e. The van der Waals surface area contributed by atoms with Crippen LogP contribution in [0.4, 0.5) is 5.13 Å². The molecule has 1 aromatic heterocycles. The fourth-order valence-corrected chi connectivity index (χ4v) is 3.04. The van der Waals surface area contributed by atoms with Gasteiger partial charge in [-0.3, -0.25) is 10.1 Å². The highest BCUT2D eigenvalue weighted by atomic mass is 32.1. The molecule has 0 saturated heterocycles. The van der Waals surface area contributed by atoms with Gasteiger partial charge in [-0.2, -0.15) is 0 Å². The van der Waals surface area contributed by atoms with Gasteiger partial charge in [-0.1, -0.05) is 63.7 Å². The third-order valence-corrected chi connectivity index (χ3v) is 4.41. The highest BCUT2D eigenvalue weighted by molar-refractivity contribution is 7.15. The Bertz CT molecular complexity index is 677. The van der Waals surface area contributed by atoms with Crippen LogP contribution in [0.25, 0.3) is 0 Å². The number of para-hydroxylation sites is 1. The van der Waals surface area contributed by atoms with Crippen LogP contribution in [0.2, 0.25) is 0 Å². The minimum absolute atomic E-state index is 0.0412. The van der Waals surface area contributed by atoms with Gasteiger partial charge < -0.3 is 4.74 Å². The number of nitrogens with one attached hydrogen (secondary N) is 1. The second-order valence-corrected chi connectivity index (χ2v) is 7.75. The maximum absolute atomic E-state index is 12.1. The van der Waals surface area contributed by atoms with Crippen molar-refractivity contribution < 1.29 is 9.53 Å². The second-order valence-electron chi connectivity index (χ2n) is 6.69. The zero-order chi connectivity index (χ0) is 17.6. The minimum Gasteiger partial charge on any atom is -0.483 e. The largest absolute Gasteiger partial charge is 0.483 e. The lowest BCUT2D eigenvalue weighted by Gasteiger charge is -2.22. The van der Waals surface area contributed by atoms with Gasteiger partial charge in [0.25, 0.3) is 5.91 Å². The van der Waals surface area contributed by atoms with Crippen molar-refractivity contribution in [1.82, 2.24) is 10.2 Å². The highest BCUT2D eigenvalue weighted by Gasteiger charge is 2.19. The van der Waals surface area contributed by atoms with Gasteiger partial charge in [-0.05, 0) is 23.5 Å². The monoisotopic (exact) mass is 347 g/mol. The molecular weight excluding hydrogens is 322 g/mol. The Morgan fingerprint density at radius 3 is 2.71 bits per heavy atom. The Hall–Kier alpha value is -1.95. The van der Waals surface area contributed by atoms with Crippen LogP contribution in [0, 0.1) is 0 Å². The number of aromatic nitrogens is 2. The fraction of sp³-hybridized carbons (Fsp3) is 0.500. The number of benzene rings is 1. The molecule has 0 unspecified atom stereocenters. The van der Waals surface area contributed by atoms with Crippen LogP contribution in [0.15, 0.2) is 24.3 Å². The van der Waals surface area contributed by atoms with Crippen molar-refractivity contribution in [2.24, 2.45) is 0 Å². The lowest BCUT2D eigenvalue weighted by molar-refractivity contribution is -0.118. The maximum atomic E-state index is 12.1. The van der Waals surface area contributed by atoms with Crippen molar-refractivity contribution in [1.29, 1.82) is 0 Å². The van der Waals surface area contributed by atoms with Crippen molar-refractivity contribution >= 4 is 22.4 Å². The van der Waals surface area contributed by atoms with Gasteiger partial charge in [0.05, 0.1) is 0 Å². The summed E-state index contributed by atoms with van der Waals surface area (Å²) < 4.78 is 5.71. The third kappa shape index (κ3) is 5.30. The van der Waals surface area contributed by atoms with E-state index in [9.17, 15) is 4.79 Å². The molecule has 5 nitrogen and oxygen atoms in total. The van der Waals surface area contributed by atoms with Crippen LogP contribution in [-0.2, 0) is 16.6 Å². The molecule has 0 spiro atoms. The SMILES string of the molecule is CCCCc1nnc(NC(=O)COc2ccccc2C(C)(C)C)s1. The Morgan fingerprint density at radius 2 is 2.00 bits per heavy atom. The number of anilines is 1. The summed E-state index contributed by atoms with van der Waals surface area (Å²) in [6.45, 7) is 8.45. The first-order chi connectivity index (χ1) is 11.4. The van der Waals surface area contributed by atoms with Gasteiger partial charge in [-0.15, -0.1) is 10.2 Å². The van der Waals surface area contributed by atoms with E-state index in [1.807, 2.05) is 24.3 Å². The van der Waals surface area contributed by atoms with Crippen LogP contribution in [-0.4, -0.2) is 22.7 Å². The number of carbonyl (C=O) groups excluding carboxylic acids is 1. The van der Waals surface area contributed by atoms with Crippen molar-refractivity contribution in [2.45, 2.75) is 52.4 Å². The number of carbonyl (C=O) groups is 1. The van der Waals surface area contributed by atoms with Gasteiger partial charge in [0.1, 0.15) is 10.8 Å². The lowest BCUT2D eigenvalue weighted by atomic mass is 9.86. The number of rotatable bonds is 7. The van der Waals surface area contributed by atoms with E-state index in [0.717, 1.165) is 35.6 Å². The molecule has 0 atom stereocenters. The summed E-state index contributed by atoms with van der Waals surface area (Å²) in [4.78, 5) is 12.1. The number of hydrogen-bond acceptors (Lipinski definition) is 5. The summed E-state index contributed by atoms with van der Waals surface area (Å²) in [6, 6.07) is 7.81. The van der Waals surface area contributed by atoms with Gasteiger partial charge in [0, 0.05) is 6.42 Å². The minimum atomic E-state index is -0.225. The standard InChI is InChI=1S/C18H25N3O2S/c1-5-6-11-16-20-21-17(24-16)19-15(22)12-23-14-10-8-7-9-13(14)18(2,3)4/h7-10H,5-6,11-12H2,1-4H3,(H,19,21,22). The number of aryl methyl sites for hydroxylation is 1. The van der Waals surface area contributed by atoms with E-state index < -0.39 is 0 Å². The second kappa shape index (κ2) is 8.24. The molecule has 1 N–H and O–H groups in total. The van der Waals surface area contributed by atoms with E-state index in [-0.39, 0.29) is 17.9 Å². The van der Waals surface area contributed by atoms with Gasteiger partial charge >= 0.3 is 0 Å². The molecule has 24 heavy (non-hydrogen) atoms. The van der Waals surface area contributed by atoms with Crippen LogP contribution in [0.3, 0.4) is 0 Å². The van der Waals surface area contributed by atoms with Crippen molar-refractivity contribution in [3.05, 3.63) is 34.8 Å². The molecule has 0 aliphatic carbocycles. The molecule has 1 aromatic carbocycles. The average molecular weight is 347 g/mol. The molecular formula is C18H25N3O2S. The van der Waals surface area contributed by atoms with Crippen LogP contribution >= 0.6 is 11.3 Å². The summed E-state index contributed by atoms with van der Waals surface area (Å²) in [5.41, 5.74) is 1.04. The summed E-state index contributed by atoms with van der Waals surface area (Å²) in [6.07, 6.45) is 3.09. The molecule has 0 radical (unpaired) electrons. The van der Waals surface area contributed by atoms with E-state index in [1.54, 1.807) is 0 Å². The van der Waals surface area contributed by atoms with Crippen molar-refractivity contribution in [2.75, 3.05) is 11.9 Å². The van der Waals surface area contributed by atoms with Gasteiger partial charge in [0.15, 0.2) is 6.61 Å². The highest BCUT2D eigenvalue weighted by Crippen LogP contribution is 2.30. The van der Waals surface area contributed by atoms with E-state index in [4.69, 9.17) is 4.74 Å². The molecule has 0 fully saturated rings. The number of hydrogen-bond donors (Lipinski definition) is 1. The molecule has 0 bridgehead atoms. The predicted octanol–water partition coefficient (Wildman–Crippen LogP) is 4.20. The number of nitrogens with zero attached hydrogens (tertiary/aromatic N) is 2. The van der Waals surface area contributed by atoms with Crippen LogP contribution in [0.5, 0.6) is 5.75 Å². The first-order valence-corrected chi connectivity index (χ1v) is 9.06. The van der Waals surface area contributed by atoms with Crippen LogP contribution in [0.1, 0.15) is 51.1 Å². The molecule has 1 heterocycles. The Balaban J connectivity index is 1.91. The van der Waals surface area contributed by atoms with E-state index >= 15 is 0 Å². The first-order valence-electron chi connectivity index (χ1n) is 8.24. The van der Waals surface area contributed by atoms with Gasteiger partial charge in [-0.25, -0.2) is 0 Å². The summed E-state index contributed by atoms with van der Waals surface area (Å²) in [5, 5.41) is 12.3. The zero-order valence-electron chi connectivity index (χ0n) is 14.8. The molecule has 0 aliphatic heterocycles. The molecule has 0 saturated carbocycles. The molecule has 0 aliphatic rings. The van der Waals surface area contributed by atoms with Crippen molar-refractivity contribution in [3.63, 3.8) is 0 Å². The topological polar surface area (TPSA) is 64.1 Å². The number of ether oxygens (including phenoxy) is 1. The summed E-state index contributed by atoms with van der Waals surface area (Å²) >= 11 is 1.42. The third-order valence-electron chi connectivity index (χ3n) is 3.51. The quantitative estimate of drug-likeness (QED) is 0.815. The summed E-state index contributed by atoms with van der Waals surface area (Å²) in [7, 11) is 0. The molecule has 130 valence electrons. The van der Waals surface area contributed by atoms with E-state index in [0.29, 0.717) is 5.13 Å². The summed E-state index contributed by atoms with van der Waals surface area (Å²) in [5.74, 6) is 0.512. The normalized spacial score (nSPS) is 11.3. The molecule has 2 aromatic rings. The number of amides is 1. The Labute approximate surface area is 147 Å². The smallest absolute Gasteiger partial charge is 0.264 e.